The number of fused-ring (bicyclic) bond motifs is 3. The van der Waals surface area contributed by atoms with Crippen molar-refractivity contribution in [3.8, 4) is 0 Å². The van der Waals surface area contributed by atoms with Gasteiger partial charge >= 0.3 is 0 Å². The minimum atomic E-state index is 0.981. The van der Waals surface area contributed by atoms with Crippen molar-refractivity contribution in [2.75, 3.05) is 5.43 Å². The Balaban J connectivity index is 1.56. The molecule has 1 N–H and O–H groups in total. The fourth-order valence-corrected chi connectivity index (χ4v) is 3.62. The van der Waals surface area contributed by atoms with Gasteiger partial charge in [-0.1, -0.05) is 78.9 Å². The Morgan fingerprint density at radius 3 is 1.85 bits per heavy atom. The molecule has 0 aliphatic rings. The Labute approximate surface area is 157 Å². The molecule has 0 saturated carbocycles. The quantitative estimate of drug-likeness (QED) is 0.222. The van der Waals surface area contributed by atoms with Crippen LogP contribution in [0.1, 0.15) is 5.56 Å². The molecule has 27 heavy (non-hydrogen) atoms. The van der Waals surface area contributed by atoms with Gasteiger partial charge in [-0.3, -0.25) is 5.43 Å². The molecule has 0 saturated heterocycles. The van der Waals surface area contributed by atoms with Crippen molar-refractivity contribution in [1.82, 2.24) is 0 Å². The van der Waals surface area contributed by atoms with Gasteiger partial charge in [0.05, 0.1) is 11.9 Å². The zero-order valence-electron chi connectivity index (χ0n) is 14.8. The van der Waals surface area contributed by atoms with Crippen molar-refractivity contribution in [2.24, 2.45) is 5.10 Å². The molecular formula is C25H18N2. The molecule has 0 bridgehead atoms. The number of benzene rings is 5. The highest BCUT2D eigenvalue weighted by Crippen LogP contribution is 2.27. The summed E-state index contributed by atoms with van der Waals surface area (Å²) in [4.78, 5) is 0. The van der Waals surface area contributed by atoms with Gasteiger partial charge < -0.3 is 0 Å². The van der Waals surface area contributed by atoms with Crippen LogP contribution in [0.4, 0.5) is 5.69 Å². The third-order valence-corrected chi connectivity index (χ3v) is 4.95. The summed E-state index contributed by atoms with van der Waals surface area (Å²) in [6.45, 7) is 0. The van der Waals surface area contributed by atoms with Gasteiger partial charge in [-0.2, -0.15) is 5.10 Å². The van der Waals surface area contributed by atoms with Crippen LogP contribution < -0.4 is 5.43 Å². The number of hydrogen-bond donors (Lipinski definition) is 1. The van der Waals surface area contributed by atoms with Crippen molar-refractivity contribution >= 4 is 44.2 Å². The summed E-state index contributed by atoms with van der Waals surface area (Å²) >= 11 is 0. The first-order valence-electron chi connectivity index (χ1n) is 9.07. The average Bonchev–Trinajstić information content (AvgIpc) is 2.73. The van der Waals surface area contributed by atoms with Gasteiger partial charge in [0.25, 0.3) is 0 Å². The van der Waals surface area contributed by atoms with Crippen molar-refractivity contribution in [2.45, 2.75) is 0 Å². The van der Waals surface area contributed by atoms with Gasteiger partial charge in [-0.05, 0) is 50.5 Å². The Bertz CT molecular complexity index is 1250. The lowest BCUT2D eigenvalue weighted by molar-refractivity contribution is 1.36. The van der Waals surface area contributed by atoms with E-state index in [1.165, 1.54) is 32.3 Å². The molecule has 5 aromatic carbocycles. The summed E-state index contributed by atoms with van der Waals surface area (Å²) in [5, 5.41) is 11.8. The van der Waals surface area contributed by atoms with Crippen LogP contribution in [0.15, 0.2) is 102 Å². The minimum absolute atomic E-state index is 0.981. The maximum Gasteiger partial charge on any atom is 0.0568 e. The van der Waals surface area contributed by atoms with Crippen molar-refractivity contribution in [1.29, 1.82) is 0 Å². The topological polar surface area (TPSA) is 24.4 Å². The largest absolute Gasteiger partial charge is 0.278 e. The van der Waals surface area contributed by atoms with Crippen LogP contribution in [0.2, 0.25) is 0 Å². The summed E-state index contributed by atoms with van der Waals surface area (Å²) in [6.07, 6.45) is 1.93. The summed E-state index contributed by atoms with van der Waals surface area (Å²) in [7, 11) is 0. The molecule has 0 aromatic heterocycles. The zero-order chi connectivity index (χ0) is 18.1. The van der Waals surface area contributed by atoms with Gasteiger partial charge in [0, 0.05) is 5.56 Å². The maximum absolute atomic E-state index is 4.54. The molecule has 2 nitrogen and oxygen atoms in total. The number of nitrogens with one attached hydrogen (secondary N) is 1. The summed E-state index contributed by atoms with van der Waals surface area (Å²) in [5.41, 5.74) is 5.30. The van der Waals surface area contributed by atoms with E-state index in [1.807, 2.05) is 6.21 Å². The highest BCUT2D eigenvalue weighted by Gasteiger charge is 2.05. The lowest BCUT2D eigenvalue weighted by Crippen LogP contribution is -1.93. The van der Waals surface area contributed by atoms with Gasteiger partial charge in [-0.25, -0.2) is 0 Å². The van der Waals surface area contributed by atoms with Crippen LogP contribution in [-0.4, -0.2) is 6.21 Å². The van der Waals surface area contributed by atoms with Gasteiger partial charge in [0.2, 0.25) is 0 Å². The Hall–Kier alpha value is -3.65. The van der Waals surface area contributed by atoms with E-state index in [2.05, 4.69) is 108 Å². The van der Waals surface area contributed by atoms with Gasteiger partial charge in [-0.15, -0.1) is 0 Å². The zero-order valence-corrected chi connectivity index (χ0v) is 14.8. The molecule has 0 atom stereocenters. The highest BCUT2D eigenvalue weighted by atomic mass is 15.3. The second kappa shape index (κ2) is 6.58. The van der Waals surface area contributed by atoms with Crippen LogP contribution >= 0.6 is 0 Å². The van der Waals surface area contributed by atoms with Crippen LogP contribution in [0.5, 0.6) is 0 Å². The monoisotopic (exact) mass is 346 g/mol. The molecule has 2 heteroatoms. The Morgan fingerprint density at radius 2 is 1.15 bits per heavy atom. The van der Waals surface area contributed by atoms with Crippen LogP contribution in [0, 0.1) is 0 Å². The molecule has 0 fully saturated rings. The number of hydrogen-bond acceptors (Lipinski definition) is 2. The van der Waals surface area contributed by atoms with Crippen molar-refractivity contribution in [3.63, 3.8) is 0 Å². The van der Waals surface area contributed by atoms with E-state index >= 15 is 0 Å². The van der Waals surface area contributed by atoms with Crippen molar-refractivity contribution in [3.05, 3.63) is 103 Å². The molecule has 0 heterocycles. The molecule has 0 unspecified atom stereocenters. The molecular weight excluding hydrogens is 328 g/mol. The molecule has 0 radical (unpaired) electrons. The summed E-state index contributed by atoms with van der Waals surface area (Å²) in [6, 6.07) is 33.8. The van der Waals surface area contributed by atoms with Crippen LogP contribution in [0.3, 0.4) is 0 Å². The maximum atomic E-state index is 4.54. The second-order valence-electron chi connectivity index (χ2n) is 6.66. The van der Waals surface area contributed by atoms with Crippen molar-refractivity contribution < 1.29 is 0 Å². The lowest BCUT2D eigenvalue weighted by atomic mass is 9.97. The molecule has 128 valence electrons. The van der Waals surface area contributed by atoms with E-state index in [0.29, 0.717) is 0 Å². The van der Waals surface area contributed by atoms with Gasteiger partial charge in [0.1, 0.15) is 0 Å². The highest BCUT2D eigenvalue weighted by molar-refractivity contribution is 6.13. The fraction of sp³-hybridized carbons (Fsp3) is 0. The normalized spacial score (nSPS) is 11.6. The summed E-state index contributed by atoms with van der Waals surface area (Å²) in [5.74, 6) is 0. The minimum Gasteiger partial charge on any atom is -0.278 e. The summed E-state index contributed by atoms with van der Waals surface area (Å²) < 4.78 is 0. The number of nitrogens with zero attached hydrogens (tertiary/aromatic N) is 1. The molecule has 0 amide bonds. The van der Waals surface area contributed by atoms with Gasteiger partial charge in [0.15, 0.2) is 0 Å². The predicted molar refractivity (Wildman–Crippen MR) is 117 cm³/mol. The third kappa shape index (κ3) is 2.91. The Morgan fingerprint density at radius 1 is 0.556 bits per heavy atom. The lowest BCUT2D eigenvalue weighted by Gasteiger charge is -2.08. The molecule has 5 aromatic rings. The van der Waals surface area contributed by atoms with E-state index in [4.69, 9.17) is 0 Å². The standard InChI is InChI=1S/C25H18N2/c1-2-8-19-16-22(14-13-18(19)7-1)27-26-17-25-23-11-5-3-9-20(23)15-21-10-4-6-12-24(21)25/h1-17,27H. The number of anilines is 1. The van der Waals surface area contributed by atoms with E-state index in [9.17, 15) is 0 Å². The van der Waals surface area contributed by atoms with Crippen LogP contribution in [-0.2, 0) is 0 Å². The predicted octanol–water partition coefficient (Wildman–Crippen LogP) is 6.59. The second-order valence-corrected chi connectivity index (χ2v) is 6.66. The number of rotatable bonds is 3. The first-order valence-corrected chi connectivity index (χ1v) is 9.07. The van der Waals surface area contributed by atoms with E-state index < -0.39 is 0 Å². The third-order valence-electron chi connectivity index (χ3n) is 4.95. The number of hydrazone groups is 1. The molecule has 0 aliphatic heterocycles. The molecule has 0 spiro atoms. The van der Waals surface area contributed by atoms with Crippen LogP contribution in [0.25, 0.3) is 32.3 Å². The molecule has 5 rings (SSSR count). The Kier molecular flexibility index (Phi) is 3.80. The molecule has 0 aliphatic carbocycles. The average molecular weight is 346 g/mol. The van der Waals surface area contributed by atoms with E-state index in [1.54, 1.807) is 0 Å². The fourth-order valence-electron chi connectivity index (χ4n) is 3.62. The smallest absolute Gasteiger partial charge is 0.0568 e. The first kappa shape index (κ1) is 15.6. The van der Waals surface area contributed by atoms with E-state index in [-0.39, 0.29) is 0 Å². The SMILES string of the molecule is C(=NNc1ccc2ccccc2c1)c1c2ccccc2cc2ccccc12. The van der Waals surface area contributed by atoms with E-state index in [0.717, 1.165) is 11.3 Å². The first-order chi connectivity index (χ1) is 13.4.